The van der Waals surface area contributed by atoms with E-state index in [1.165, 1.54) is 32.1 Å². The summed E-state index contributed by atoms with van der Waals surface area (Å²) in [7, 11) is 0. The Bertz CT molecular complexity index is 875. The molecule has 2 aromatic rings. The van der Waals surface area contributed by atoms with Gasteiger partial charge in [-0.1, -0.05) is 19.3 Å². The van der Waals surface area contributed by atoms with Gasteiger partial charge in [0.05, 0.1) is 21.7 Å². The number of hydrogen-bond acceptors (Lipinski definition) is 5. The first-order valence-electron chi connectivity index (χ1n) is 10.6. The number of aromatic nitrogens is 1. The molecule has 0 radical (unpaired) electrons. The van der Waals surface area contributed by atoms with Crippen LogP contribution < -0.4 is 16.0 Å². The number of amides is 3. The van der Waals surface area contributed by atoms with Crippen molar-refractivity contribution in [2.45, 2.75) is 64.9 Å². The predicted octanol–water partition coefficient (Wildman–Crippen LogP) is 5.96. The van der Waals surface area contributed by atoms with E-state index in [0.717, 1.165) is 15.4 Å². The Morgan fingerprint density at radius 3 is 2.67 bits per heavy atom. The molecule has 0 spiro atoms. The van der Waals surface area contributed by atoms with Gasteiger partial charge in [-0.2, -0.15) is 0 Å². The number of rotatable bonds is 6. The van der Waals surface area contributed by atoms with Gasteiger partial charge in [0.15, 0.2) is 0 Å². The van der Waals surface area contributed by atoms with Crippen LogP contribution in [0.1, 0.15) is 63.8 Å². The van der Waals surface area contributed by atoms with Crippen molar-refractivity contribution in [2.24, 2.45) is 0 Å². The minimum atomic E-state index is -0.529. The lowest BCUT2D eigenvalue weighted by molar-refractivity contribution is 0.130. The maximum atomic E-state index is 12.2. The lowest BCUT2D eigenvalue weighted by Gasteiger charge is -2.19. The Hall–Kier alpha value is -2.61. The van der Waals surface area contributed by atoms with Gasteiger partial charge in [0.2, 0.25) is 0 Å². The molecule has 0 unspecified atom stereocenters. The number of carbonyl (C=O) groups excluding carboxylic acids is 2. The molecule has 0 bridgehead atoms. The lowest BCUT2D eigenvalue weighted by Crippen LogP contribution is -2.28. The number of hydrogen-bond donors (Lipinski definition) is 3. The Morgan fingerprint density at radius 1 is 1.20 bits per heavy atom. The monoisotopic (exact) mass is 430 g/mol. The second-order valence-corrected chi connectivity index (χ2v) is 8.78. The van der Waals surface area contributed by atoms with E-state index < -0.39 is 6.09 Å². The zero-order valence-corrected chi connectivity index (χ0v) is 18.6. The molecule has 7 nitrogen and oxygen atoms in total. The average Bonchev–Trinajstić information content (AvgIpc) is 3.18. The number of nitrogens with one attached hydrogen (secondary N) is 3. The topological polar surface area (TPSA) is 92.4 Å². The van der Waals surface area contributed by atoms with Gasteiger partial charge in [0.1, 0.15) is 0 Å². The number of urea groups is 1. The smallest absolute Gasteiger partial charge is 0.411 e. The van der Waals surface area contributed by atoms with Gasteiger partial charge in [-0.3, -0.25) is 5.32 Å². The normalized spacial score (nSPS) is 14.4. The SMILES string of the molecule is CCNC(=O)Nc1cc(NC(=O)OC(C)C)ccc1-c1cnc(C2CCCCC2)s1. The largest absolute Gasteiger partial charge is 0.447 e. The van der Waals surface area contributed by atoms with Crippen LogP contribution in [-0.4, -0.2) is 29.8 Å². The van der Waals surface area contributed by atoms with E-state index in [-0.39, 0.29) is 12.1 Å². The molecular weight excluding hydrogens is 400 g/mol. The van der Waals surface area contributed by atoms with Crippen LogP contribution in [0.25, 0.3) is 10.4 Å². The Morgan fingerprint density at radius 2 is 1.97 bits per heavy atom. The highest BCUT2D eigenvalue weighted by molar-refractivity contribution is 7.15. The highest BCUT2D eigenvalue weighted by Gasteiger charge is 2.20. The van der Waals surface area contributed by atoms with Crippen LogP contribution in [0.15, 0.2) is 24.4 Å². The van der Waals surface area contributed by atoms with Crippen molar-refractivity contribution < 1.29 is 14.3 Å². The fraction of sp³-hybridized carbons (Fsp3) is 0.500. The molecule has 1 aliphatic rings. The summed E-state index contributed by atoms with van der Waals surface area (Å²) in [6.07, 6.45) is 7.35. The maximum absolute atomic E-state index is 12.2. The summed E-state index contributed by atoms with van der Waals surface area (Å²) in [5.74, 6) is 0.532. The lowest BCUT2D eigenvalue weighted by atomic mass is 9.90. The summed E-state index contributed by atoms with van der Waals surface area (Å²) in [5, 5.41) is 9.50. The van der Waals surface area contributed by atoms with Crippen molar-refractivity contribution in [3.05, 3.63) is 29.4 Å². The molecule has 1 aromatic carbocycles. The van der Waals surface area contributed by atoms with E-state index in [2.05, 4.69) is 20.9 Å². The Balaban J connectivity index is 1.85. The number of nitrogens with zero attached hydrogens (tertiary/aromatic N) is 1. The van der Waals surface area contributed by atoms with Gasteiger partial charge in [-0.05, 0) is 51.8 Å². The van der Waals surface area contributed by atoms with Crippen molar-refractivity contribution in [1.82, 2.24) is 10.3 Å². The first-order chi connectivity index (χ1) is 14.5. The van der Waals surface area contributed by atoms with Gasteiger partial charge in [0, 0.05) is 29.9 Å². The van der Waals surface area contributed by atoms with Crippen molar-refractivity contribution in [1.29, 1.82) is 0 Å². The molecule has 162 valence electrons. The highest BCUT2D eigenvalue weighted by atomic mass is 32.1. The zero-order chi connectivity index (χ0) is 21.5. The molecule has 1 fully saturated rings. The third-order valence-electron chi connectivity index (χ3n) is 4.94. The molecule has 0 aliphatic heterocycles. The summed E-state index contributed by atoms with van der Waals surface area (Å²) in [6, 6.07) is 5.15. The van der Waals surface area contributed by atoms with Crippen LogP contribution in [0, 0.1) is 0 Å². The fourth-order valence-electron chi connectivity index (χ4n) is 3.58. The third-order valence-corrected chi connectivity index (χ3v) is 6.13. The van der Waals surface area contributed by atoms with E-state index in [4.69, 9.17) is 4.74 Å². The second kappa shape index (κ2) is 10.4. The van der Waals surface area contributed by atoms with E-state index in [1.54, 1.807) is 37.3 Å². The summed E-state index contributed by atoms with van der Waals surface area (Å²) < 4.78 is 5.14. The summed E-state index contributed by atoms with van der Waals surface area (Å²) >= 11 is 1.68. The zero-order valence-electron chi connectivity index (χ0n) is 17.8. The Labute approximate surface area is 181 Å². The quantitative estimate of drug-likeness (QED) is 0.527. The minimum Gasteiger partial charge on any atom is -0.447 e. The van der Waals surface area contributed by atoms with Gasteiger partial charge >= 0.3 is 12.1 Å². The summed E-state index contributed by atoms with van der Waals surface area (Å²) in [4.78, 5) is 29.8. The van der Waals surface area contributed by atoms with Crippen molar-refractivity contribution in [2.75, 3.05) is 17.2 Å². The number of anilines is 2. The van der Waals surface area contributed by atoms with E-state index in [0.29, 0.717) is 23.8 Å². The average molecular weight is 431 g/mol. The van der Waals surface area contributed by atoms with E-state index >= 15 is 0 Å². The van der Waals surface area contributed by atoms with Crippen molar-refractivity contribution in [3.8, 4) is 10.4 Å². The van der Waals surface area contributed by atoms with E-state index in [9.17, 15) is 9.59 Å². The van der Waals surface area contributed by atoms with Crippen LogP contribution in [0.2, 0.25) is 0 Å². The van der Waals surface area contributed by atoms with Crippen LogP contribution in [0.4, 0.5) is 21.0 Å². The molecule has 8 heteroatoms. The molecular formula is C22H30N4O3S. The highest BCUT2D eigenvalue weighted by Crippen LogP contribution is 2.40. The fourth-order valence-corrected chi connectivity index (χ4v) is 4.71. The van der Waals surface area contributed by atoms with Crippen molar-refractivity contribution >= 4 is 34.8 Å². The van der Waals surface area contributed by atoms with E-state index in [1.807, 2.05) is 19.2 Å². The molecule has 1 aliphatic carbocycles. The molecule has 1 saturated carbocycles. The van der Waals surface area contributed by atoms with Crippen LogP contribution in [0.5, 0.6) is 0 Å². The van der Waals surface area contributed by atoms with Gasteiger partial charge < -0.3 is 15.4 Å². The number of thiazole rings is 1. The molecule has 1 aromatic heterocycles. The standard InChI is InChI=1S/C22H30N4O3S/c1-4-23-21(27)26-18-12-16(25-22(28)29-14(2)3)10-11-17(18)19-13-24-20(30-19)15-8-6-5-7-9-15/h10-15H,4-9H2,1-3H3,(H,25,28)(H2,23,26,27). The molecule has 3 N–H and O–H groups in total. The third kappa shape index (κ3) is 5.95. The Kier molecular flexibility index (Phi) is 7.68. The minimum absolute atomic E-state index is 0.215. The maximum Gasteiger partial charge on any atom is 0.411 e. The summed E-state index contributed by atoms with van der Waals surface area (Å²) in [6.45, 7) is 5.96. The second-order valence-electron chi connectivity index (χ2n) is 7.72. The molecule has 1 heterocycles. The molecule has 3 rings (SSSR count). The molecule has 0 saturated heterocycles. The molecule has 3 amide bonds. The van der Waals surface area contributed by atoms with Crippen LogP contribution in [-0.2, 0) is 4.74 Å². The van der Waals surface area contributed by atoms with Crippen molar-refractivity contribution in [3.63, 3.8) is 0 Å². The first kappa shape index (κ1) is 22.1. The number of carbonyl (C=O) groups is 2. The van der Waals surface area contributed by atoms with Gasteiger partial charge in [-0.15, -0.1) is 11.3 Å². The molecule has 30 heavy (non-hydrogen) atoms. The number of benzene rings is 1. The molecule has 0 atom stereocenters. The van der Waals surface area contributed by atoms with Gasteiger partial charge in [-0.25, -0.2) is 14.6 Å². The van der Waals surface area contributed by atoms with Crippen LogP contribution in [0.3, 0.4) is 0 Å². The van der Waals surface area contributed by atoms with Gasteiger partial charge in [0.25, 0.3) is 0 Å². The summed E-state index contributed by atoms with van der Waals surface area (Å²) in [5.41, 5.74) is 2.04. The number of ether oxygens (including phenoxy) is 1. The van der Waals surface area contributed by atoms with Crippen LogP contribution >= 0.6 is 11.3 Å². The predicted molar refractivity (Wildman–Crippen MR) is 121 cm³/mol. The first-order valence-corrected chi connectivity index (χ1v) is 11.4.